The average Bonchev–Trinajstić information content (AvgIpc) is 3.32. The fraction of sp³-hybridized carbons (Fsp3) is 0.105. The van der Waals surface area contributed by atoms with Gasteiger partial charge in [-0.1, -0.05) is 29.8 Å². The largest absolute Gasteiger partial charge is 0.483 e. The van der Waals surface area contributed by atoms with Crippen LogP contribution in [0.1, 0.15) is 11.5 Å². The van der Waals surface area contributed by atoms with Gasteiger partial charge in [-0.2, -0.15) is 5.10 Å². The lowest BCUT2D eigenvalue weighted by molar-refractivity contribution is 0.262. The summed E-state index contributed by atoms with van der Waals surface area (Å²) in [5, 5.41) is 11.6. The monoisotopic (exact) mass is 398 g/mol. The van der Waals surface area contributed by atoms with Crippen molar-refractivity contribution in [3.63, 3.8) is 0 Å². The Morgan fingerprint density at radius 2 is 2.04 bits per heavy atom. The van der Waals surface area contributed by atoms with Gasteiger partial charge >= 0.3 is 0 Å². The number of rotatable bonds is 5. The van der Waals surface area contributed by atoms with Crippen LogP contribution in [-0.4, -0.2) is 20.0 Å². The standard InChI is InChI=1S/C19H15ClN4O2S/c1-12-9-17(25-11-18-22-23-19(27)26-18)14(10-15(12)20)16-7-8-21-24(16)13-5-3-2-4-6-13/h2-10H,11H2,1H3,(H,23,27). The van der Waals surface area contributed by atoms with Crippen LogP contribution in [0.25, 0.3) is 16.9 Å². The van der Waals surface area contributed by atoms with E-state index in [0.29, 0.717) is 16.7 Å². The third kappa shape index (κ3) is 3.65. The van der Waals surface area contributed by atoms with Gasteiger partial charge in [0.1, 0.15) is 5.75 Å². The second-order valence-corrected chi connectivity index (χ2v) is 6.63. The molecule has 4 aromatic rings. The van der Waals surface area contributed by atoms with E-state index < -0.39 is 0 Å². The van der Waals surface area contributed by atoms with Crippen molar-refractivity contribution in [1.29, 1.82) is 0 Å². The lowest BCUT2D eigenvalue weighted by Crippen LogP contribution is -2.02. The summed E-state index contributed by atoms with van der Waals surface area (Å²) in [5.74, 6) is 1.02. The SMILES string of the molecule is Cc1cc(OCc2n[nH]c(=S)o2)c(-c2ccnn2-c2ccccc2)cc1Cl. The molecule has 136 valence electrons. The second kappa shape index (κ2) is 7.38. The minimum absolute atomic E-state index is 0.140. The summed E-state index contributed by atoms with van der Waals surface area (Å²) in [6.07, 6.45) is 1.74. The van der Waals surface area contributed by atoms with Crippen LogP contribution < -0.4 is 4.74 Å². The van der Waals surface area contributed by atoms with Crippen molar-refractivity contribution in [2.75, 3.05) is 0 Å². The van der Waals surface area contributed by atoms with Crippen LogP contribution in [-0.2, 0) is 6.61 Å². The number of aromatic nitrogens is 4. The Balaban J connectivity index is 1.76. The molecule has 2 heterocycles. The summed E-state index contributed by atoms with van der Waals surface area (Å²) in [6.45, 7) is 2.06. The molecule has 27 heavy (non-hydrogen) atoms. The zero-order chi connectivity index (χ0) is 18.8. The highest BCUT2D eigenvalue weighted by molar-refractivity contribution is 7.71. The minimum atomic E-state index is 0.140. The summed E-state index contributed by atoms with van der Waals surface area (Å²) < 4.78 is 13.1. The Morgan fingerprint density at radius 3 is 2.78 bits per heavy atom. The quantitative estimate of drug-likeness (QED) is 0.472. The third-order valence-corrected chi connectivity index (χ3v) is 4.60. The van der Waals surface area contributed by atoms with Crippen LogP contribution in [0.3, 0.4) is 0 Å². The van der Waals surface area contributed by atoms with Gasteiger partial charge in [0.25, 0.3) is 10.7 Å². The molecule has 0 bridgehead atoms. The maximum Gasteiger partial charge on any atom is 0.284 e. The number of aromatic amines is 1. The highest BCUT2D eigenvalue weighted by atomic mass is 35.5. The normalized spacial score (nSPS) is 10.9. The first kappa shape index (κ1) is 17.5. The van der Waals surface area contributed by atoms with Gasteiger partial charge in [-0.25, -0.2) is 9.78 Å². The average molecular weight is 399 g/mol. The minimum Gasteiger partial charge on any atom is -0.483 e. The fourth-order valence-corrected chi connectivity index (χ4v) is 3.02. The molecular formula is C19H15ClN4O2S. The van der Waals surface area contributed by atoms with Crippen molar-refractivity contribution in [1.82, 2.24) is 20.0 Å². The fourth-order valence-electron chi connectivity index (χ4n) is 2.72. The first-order valence-electron chi connectivity index (χ1n) is 8.19. The van der Waals surface area contributed by atoms with Gasteiger partial charge in [-0.3, -0.25) is 0 Å². The van der Waals surface area contributed by atoms with E-state index in [1.807, 2.05) is 60.1 Å². The molecule has 0 aliphatic carbocycles. The molecule has 2 aromatic carbocycles. The first-order valence-corrected chi connectivity index (χ1v) is 8.97. The van der Waals surface area contributed by atoms with Gasteiger partial charge in [0.05, 0.1) is 17.6 Å². The number of ether oxygens (including phenoxy) is 1. The van der Waals surface area contributed by atoms with Crippen molar-refractivity contribution < 1.29 is 9.15 Å². The number of aryl methyl sites for hydroxylation is 1. The molecule has 2 aromatic heterocycles. The van der Waals surface area contributed by atoms with E-state index in [4.69, 9.17) is 33.0 Å². The lowest BCUT2D eigenvalue weighted by Gasteiger charge is -2.14. The van der Waals surface area contributed by atoms with E-state index in [1.165, 1.54) is 0 Å². The van der Waals surface area contributed by atoms with E-state index in [0.717, 1.165) is 22.5 Å². The molecule has 0 atom stereocenters. The zero-order valence-corrected chi connectivity index (χ0v) is 15.9. The van der Waals surface area contributed by atoms with Crippen molar-refractivity contribution >= 4 is 23.8 Å². The van der Waals surface area contributed by atoms with E-state index >= 15 is 0 Å². The molecule has 0 amide bonds. The van der Waals surface area contributed by atoms with E-state index in [2.05, 4.69) is 15.3 Å². The van der Waals surface area contributed by atoms with Crippen molar-refractivity contribution in [3.05, 3.63) is 76.0 Å². The van der Waals surface area contributed by atoms with Crippen molar-refractivity contribution in [3.8, 4) is 22.7 Å². The molecule has 4 rings (SSSR count). The Morgan fingerprint density at radius 1 is 1.22 bits per heavy atom. The van der Waals surface area contributed by atoms with E-state index in [9.17, 15) is 0 Å². The Kier molecular flexibility index (Phi) is 4.79. The summed E-state index contributed by atoms with van der Waals surface area (Å²) in [6, 6.07) is 15.6. The smallest absolute Gasteiger partial charge is 0.284 e. The molecule has 0 aliphatic heterocycles. The van der Waals surface area contributed by atoms with Gasteiger partial charge in [-0.15, -0.1) is 5.10 Å². The molecule has 0 spiro atoms. The van der Waals surface area contributed by atoms with Crippen LogP contribution in [0.5, 0.6) is 5.75 Å². The number of para-hydroxylation sites is 1. The number of nitrogens with zero attached hydrogens (tertiary/aromatic N) is 3. The maximum absolute atomic E-state index is 6.39. The van der Waals surface area contributed by atoms with Gasteiger partial charge in [0.2, 0.25) is 0 Å². The number of halogens is 1. The number of hydrogen-bond acceptors (Lipinski definition) is 5. The van der Waals surface area contributed by atoms with Crippen LogP contribution >= 0.6 is 23.8 Å². The Bertz CT molecular complexity index is 1130. The summed E-state index contributed by atoms with van der Waals surface area (Å²) >= 11 is 11.3. The van der Waals surface area contributed by atoms with Gasteiger partial charge < -0.3 is 9.15 Å². The molecule has 1 N–H and O–H groups in total. The molecule has 8 heteroatoms. The van der Waals surface area contributed by atoms with Crippen molar-refractivity contribution in [2.24, 2.45) is 0 Å². The number of H-pyrrole nitrogens is 1. The highest BCUT2D eigenvalue weighted by Crippen LogP contribution is 2.36. The van der Waals surface area contributed by atoms with Crippen LogP contribution in [0.15, 0.2) is 59.1 Å². The Labute approximate surface area is 165 Å². The lowest BCUT2D eigenvalue weighted by atomic mass is 10.1. The summed E-state index contributed by atoms with van der Waals surface area (Å²) in [4.78, 5) is 0.211. The molecule has 6 nitrogen and oxygen atoms in total. The predicted molar refractivity (Wildman–Crippen MR) is 105 cm³/mol. The first-order chi connectivity index (χ1) is 13.1. The molecule has 0 aliphatic rings. The third-order valence-electron chi connectivity index (χ3n) is 4.01. The molecule has 0 saturated carbocycles. The molecule has 0 fully saturated rings. The number of nitrogens with one attached hydrogen (secondary N) is 1. The zero-order valence-electron chi connectivity index (χ0n) is 14.3. The van der Waals surface area contributed by atoms with Crippen LogP contribution in [0, 0.1) is 11.8 Å². The van der Waals surface area contributed by atoms with Crippen LogP contribution in [0.4, 0.5) is 0 Å². The molecule has 0 radical (unpaired) electrons. The maximum atomic E-state index is 6.39. The number of benzene rings is 2. The molecule has 0 unspecified atom stereocenters. The van der Waals surface area contributed by atoms with Gasteiger partial charge in [0, 0.05) is 10.6 Å². The number of hydrogen-bond donors (Lipinski definition) is 1. The van der Waals surface area contributed by atoms with Crippen molar-refractivity contribution in [2.45, 2.75) is 13.5 Å². The molecular weight excluding hydrogens is 384 g/mol. The molecule has 0 saturated heterocycles. The van der Waals surface area contributed by atoms with Crippen LogP contribution in [0.2, 0.25) is 5.02 Å². The summed E-state index contributed by atoms with van der Waals surface area (Å²) in [7, 11) is 0. The highest BCUT2D eigenvalue weighted by Gasteiger charge is 2.16. The van der Waals surface area contributed by atoms with Gasteiger partial charge in [0.15, 0.2) is 6.61 Å². The summed E-state index contributed by atoms with van der Waals surface area (Å²) in [5.41, 5.74) is 3.53. The topological polar surface area (TPSA) is 68.9 Å². The van der Waals surface area contributed by atoms with E-state index in [-0.39, 0.29) is 11.4 Å². The van der Waals surface area contributed by atoms with Gasteiger partial charge in [-0.05, 0) is 55.0 Å². The second-order valence-electron chi connectivity index (χ2n) is 5.86. The Hall–Kier alpha value is -2.90. The van der Waals surface area contributed by atoms with E-state index in [1.54, 1.807) is 6.20 Å². The predicted octanol–water partition coefficient (Wildman–Crippen LogP) is 5.13.